The molecule has 0 radical (unpaired) electrons. The first-order valence-electron chi connectivity index (χ1n) is 11.2. The van der Waals surface area contributed by atoms with Crippen molar-refractivity contribution in [1.82, 2.24) is 4.90 Å². The molecule has 1 saturated heterocycles. The summed E-state index contributed by atoms with van der Waals surface area (Å²) in [6.07, 6.45) is 0.700. The van der Waals surface area contributed by atoms with Gasteiger partial charge in [-0.3, -0.25) is 9.59 Å². The molecule has 0 saturated carbocycles. The molecule has 0 aromatic heterocycles. The number of amides is 2. The van der Waals surface area contributed by atoms with Crippen molar-refractivity contribution in [2.24, 2.45) is 5.92 Å². The minimum atomic E-state index is -0.599. The molecule has 2 aliphatic rings. The zero-order valence-corrected chi connectivity index (χ0v) is 18.3. The smallest absolute Gasteiger partial charge is 0.265 e. The van der Waals surface area contributed by atoms with Crippen molar-refractivity contribution in [1.29, 1.82) is 0 Å². The van der Waals surface area contributed by atoms with Gasteiger partial charge in [0.2, 0.25) is 0 Å². The molecule has 1 N–H and O–H groups in total. The number of benzene rings is 3. The number of carbonyl (C=O) groups is 2. The molecule has 2 amide bonds. The Morgan fingerprint density at radius 1 is 1.03 bits per heavy atom. The lowest BCUT2D eigenvalue weighted by molar-refractivity contribution is -0.122. The number of fused-ring (bicyclic) bond motifs is 1. The normalized spacial score (nSPS) is 21.4. The zero-order chi connectivity index (χ0) is 22.9. The first-order chi connectivity index (χ1) is 16.0. The molecular formula is C27H25FN2O3. The maximum absolute atomic E-state index is 13.8. The summed E-state index contributed by atoms with van der Waals surface area (Å²) in [4.78, 5) is 28.0. The monoisotopic (exact) mass is 444 g/mol. The van der Waals surface area contributed by atoms with Gasteiger partial charge in [-0.15, -0.1) is 0 Å². The van der Waals surface area contributed by atoms with Gasteiger partial charge in [-0.25, -0.2) is 4.39 Å². The number of likely N-dealkylation sites (tertiary alicyclic amines) is 1. The topological polar surface area (TPSA) is 58.6 Å². The Bertz CT molecular complexity index is 1190. The molecular weight excluding hydrogens is 419 g/mol. The summed E-state index contributed by atoms with van der Waals surface area (Å²) in [7, 11) is 0. The molecule has 33 heavy (non-hydrogen) atoms. The molecule has 3 aromatic rings. The van der Waals surface area contributed by atoms with Crippen LogP contribution in [0.1, 0.15) is 40.9 Å². The van der Waals surface area contributed by atoms with Crippen LogP contribution < -0.4 is 10.1 Å². The van der Waals surface area contributed by atoms with E-state index < -0.39 is 6.10 Å². The van der Waals surface area contributed by atoms with Crippen LogP contribution in [-0.2, 0) is 11.2 Å². The molecule has 5 rings (SSSR count). The lowest BCUT2D eigenvalue weighted by Crippen LogP contribution is -2.32. The highest BCUT2D eigenvalue weighted by molar-refractivity contribution is 5.99. The van der Waals surface area contributed by atoms with Crippen LogP contribution in [0.25, 0.3) is 0 Å². The van der Waals surface area contributed by atoms with E-state index in [2.05, 4.69) is 12.2 Å². The number of ether oxygens (including phenoxy) is 1. The molecule has 0 aliphatic carbocycles. The number of nitrogens with one attached hydrogen (secondary N) is 1. The van der Waals surface area contributed by atoms with Crippen molar-refractivity contribution in [2.75, 3.05) is 11.9 Å². The van der Waals surface area contributed by atoms with E-state index in [0.717, 1.165) is 23.3 Å². The molecule has 3 atom stereocenters. The third-order valence-electron chi connectivity index (χ3n) is 6.32. The first kappa shape index (κ1) is 21.2. The fourth-order valence-corrected chi connectivity index (χ4v) is 4.75. The van der Waals surface area contributed by atoms with E-state index in [9.17, 15) is 14.0 Å². The van der Waals surface area contributed by atoms with Crippen molar-refractivity contribution in [3.05, 3.63) is 95.3 Å². The largest absolute Gasteiger partial charge is 0.480 e. The molecule has 3 unspecified atom stereocenters. The number of hydrogen-bond acceptors (Lipinski definition) is 3. The summed E-state index contributed by atoms with van der Waals surface area (Å²) in [5, 5.41) is 2.88. The Hall–Kier alpha value is -3.67. The quantitative estimate of drug-likeness (QED) is 0.617. The van der Waals surface area contributed by atoms with Crippen molar-refractivity contribution >= 4 is 17.5 Å². The van der Waals surface area contributed by atoms with E-state index in [4.69, 9.17) is 4.74 Å². The Balaban J connectivity index is 1.31. The Kier molecular flexibility index (Phi) is 5.58. The number of halogens is 1. The Labute approximate surface area is 192 Å². The second-order valence-electron chi connectivity index (χ2n) is 8.86. The van der Waals surface area contributed by atoms with E-state index in [1.807, 2.05) is 30.3 Å². The van der Waals surface area contributed by atoms with Gasteiger partial charge in [0.15, 0.2) is 6.10 Å². The van der Waals surface area contributed by atoms with Crippen LogP contribution in [0.2, 0.25) is 0 Å². The molecule has 168 valence electrons. The van der Waals surface area contributed by atoms with E-state index in [1.54, 1.807) is 35.2 Å². The molecule has 0 spiro atoms. The number of para-hydroxylation sites is 1. The number of rotatable bonds is 4. The Morgan fingerprint density at radius 3 is 2.67 bits per heavy atom. The van der Waals surface area contributed by atoms with Crippen LogP contribution in [0.3, 0.4) is 0 Å². The maximum Gasteiger partial charge on any atom is 0.265 e. The van der Waals surface area contributed by atoms with Gasteiger partial charge < -0.3 is 15.0 Å². The van der Waals surface area contributed by atoms with Crippen molar-refractivity contribution in [3.63, 3.8) is 0 Å². The lowest BCUT2D eigenvalue weighted by Gasteiger charge is -2.25. The molecule has 6 heteroatoms. The van der Waals surface area contributed by atoms with E-state index in [0.29, 0.717) is 30.1 Å². The third-order valence-corrected chi connectivity index (χ3v) is 6.32. The maximum atomic E-state index is 13.8. The van der Waals surface area contributed by atoms with Crippen LogP contribution in [0, 0.1) is 11.7 Å². The van der Waals surface area contributed by atoms with E-state index >= 15 is 0 Å². The van der Waals surface area contributed by atoms with Gasteiger partial charge >= 0.3 is 0 Å². The summed E-state index contributed by atoms with van der Waals surface area (Å²) in [6.45, 7) is 2.70. The molecule has 5 nitrogen and oxygen atoms in total. The van der Waals surface area contributed by atoms with Crippen LogP contribution >= 0.6 is 0 Å². The predicted octanol–water partition coefficient (Wildman–Crippen LogP) is 4.99. The third kappa shape index (κ3) is 4.33. The lowest BCUT2D eigenvalue weighted by atomic mass is 10.0. The van der Waals surface area contributed by atoms with Gasteiger partial charge in [0, 0.05) is 24.2 Å². The molecule has 3 aromatic carbocycles. The van der Waals surface area contributed by atoms with Crippen molar-refractivity contribution < 1.29 is 18.7 Å². The summed E-state index contributed by atoms with van der Waals surface area (Å²) in [5.74, 6) is 0.359. The summed E-state index contributed by atoms with van der Waals surface area (Å²) in [6, 6.07) is 20.8. The molecule has 0 bridgehead atoms. The van der Waals surface area contributed by atoms with Gasteiger partial charge in [-0.05, 0) is 59.9 Å². The van der Waals surface area contributed by atoms with Gasteiger partial charge in [0.1, 0.15) is 11.6 Å². The summed E-state index contributed by atoms with van der Waals surface area (Å²) >= 11 is 0. The van der Waals surface area contributed by atoms with Crippen molar-refractivity contribution in [3.8, 4) is 5.75 Å². The predicted molar refractivity (Wildman–Crippen MR) is 124 cm³/mol. The average Bonchev–Trinajstić information content (AvgIpc) is 3.42. The van der Waals surface area contributed by atoms with Crippen LogP contribution in [0.15, 0.2) is 72.8 Å². The highest BCUT2D eigenvalue weighted by atomic mass is 19.1. The van der Waals surface area contributed by atoms with Gasteiger partial charge in [0.25, 0.3) is 11.8 Å². The van der Waals surface area contributed by atoms with Gasteiger partial charge in [0.05, 0.1) is 6.04 Å². The number of carbonyl (C=O) groups excluding carboxylic acids is 2. The second kappa shape index (κ2) is 8.70. The number of hydrogen-bond donors (Lipinski definition) is 1. The highest BCUT2D eigenvalue weighted by Crippen LogP contribution is 2.36. The van der Waals surface area contributed by atoms with E-state index in [1.165, 1.54) is 12.1 Å². The summed E-state index contributed by atoms with van der Waals surface area (Å²) < 4.78 is 19.6. The van der Waals surface area contributed by atoms with Crippen molar-refractivity contribution in [2.45, 2.75) is 31.9 Å². The van der Waals surface area contributed by atoms with Crippen LogP contribution in [-0.4, -0.2) is 29.4 Å². The minimum Gasteiger partial charge on any atom is -0.480 e. The molecule has 2 aliphatic heterocycles. The number of nitrogens with zero attached hydrogens (tertiary/aromatic N) is 1. The van der Waals surface area contributed by atoms with Crippen LogP contribution in [0.4, 0.5) is 10.1 Å². The first-order valence-corrected chi connectivity index (χ1v) is 11.2. The Morgan fingerprint density at radius 2 is 1.85 bits per heavy atom. The van der Waals surface area contributed by atoms with Gasteiger partial charge in [-0.2, -0.15) is 0 Å². The number of anilines is 1. The average molecular weight is 445 g/mol. The minimum absolute atomic E-state index is 0.130. The SMILES string of the molecule is CC1CC(c2cccc(F)c2)N(C(=O)c2cccc(NC(=O)C3Cc4ccccc4O3)c2)C1. The molecule has 2 heterocycles. The van der Waals surface area contributed by atoms with Gasteiger partial charge in [-0.1, -0.05) is 43.3 Å². The molecule has 1 fully saturated rings. The van der Waals surface area contributed by atoms with E-state index in [-0.39, 0.29) is 23.7 Å². The highest BCUT2D eigenvalue weighted by Gasteiger charge is 2.35. The standard InChI is InChI=1S/C27H25FN2O3/c1-17-12-23(18-7-4-9-21(28)13-18)30(16-17)27(32)20-8-5-10-22(14-20)29-26(31)25-15-19-6-2-3-11-24(19)33-25/h2-11,13-14,17,23,25H,12,15-16H2,1H3,(H,29,31). The fraction of sp³-hybridized carbons (Fsp3) is 0.259. The zero-order valence-electron chi connectivity index (χ0n) is 18.3. The van der Waals surface area contributed by atoms with Crippen LogP contribution in [0.5, 0.6) is 5.75 Å². The second-order valence-corrected chi connectivity index (χ2v) is 8.86. The fourth-order valence-electron chi connectivity index (χ4n) is 4.75. The summed E-state index contributed by atoms with van der Waals surface area (Å²) in [5.41, 5.74) is 2.84.